The SMILES string of the molecule is Cc1ccc(NC(=O)c2cccc(C(=O)NC(C)(C)C)n2)c(C)c1. The van der Waals surface area contributed by atoms with Crippen LogP contribution in [-0.2, 0) is 0 Å². The Morgan fingerprint density at radius 3 is 2.17 bits per heavy atom. The van der Waals surface area contributed by atoms with Crippen molar-refractivity contribution in [3.63, 3.8) is 0 Å². The summed E-state index contributed by atoms with van der Waals surface area (Å²) in [5.41, 5.74) is 2.90. The standard InChI is InChI=1S/C19H23N3O2/c1-12-9-10-14(13(2)11-12)21-17(23)15-7-6-8-16(20-15)18(24)22-19(3,4)5/h6-11H,1-5H3,(H,21,23)(H,22,24). The third-order valence-electron chi connectivity index (χ3n) is 3.33. The first-order chi connectivity index (χ1) is 11.2. The van der Waals surface area contributed by atoms with Gasteiger partial charge in [-0.1, -0.05) is 23.8 Å². The molecule has 2 rings (SSSR count). The van der Waals surface area contributed by atoms with Gasteiger partial charge in [-0.3, -0.25) is 9.59 Å². The molecule has 0 aliphatic carbocycles. The Balaban J connectivity index is 2.18. The van der Waals surface area contributed by atoms with E-state index in [0.29, 0.717) is 0 Å². The van der Waals surface area contributed by atoms with E-state index in [4.69, 9.17) is 0 Å². The van der Waals surface area contributed by atoms with E-state index in [1.807, 2.05) is 52.8 Å². The van der Waals surface area contributed by atoms with Gasteiger partial charge in [-0.2, -0.15) is 0 Å². The highest BCUT2D eigenvalue weighted by Crippen LogP contribution is 2.17. The fourth-order valence-electron chi connectivity index (χ4n) is 2.23. The Kier molecular flexibility index (Phi) is 5.02. The molecule has 0 spiro atoms. The number of hydrogen-bond donors (Lipinski definition) is 2. The van der Waals surface area contributed by atoms with Crippen LogP contribution >= 0.6 is 0 Å². The van der Waals surface area contributed by atoms with Gasteiger partial charge in [-0.25, -0.2) is 4.98 Å². The van der Waals surface area contributed by atoms with E-state index in [1.54, 1.807) is 18.2 Å². The minimum atomic E-state index is -0.365. The third-order valence-corrected chi connectivity index (χ3v) is 3.33. The molecule has 0 radical (unpaired) electrons. The van der Waals surface area contributed by atoms with Crippen molar-refractivity contribution in [1.29, 1.82) is 0 Å². The number of nitrogens with one attached hydrogen (secondary N) is 2. The van der Waals surface area contributed by atoms with Crippen molar-refractivity contribution < 1.29 is 9.59 Å². The molecule has 5 nitrogen and oxygen atoms in total. The molecule has 2 N–H and O–H groups in total. The lowest BCUT2D eigenvalue weighted by Crippen LogP contribution is -2.41. The van der Waals surface area contributed by atoms with Crippen molar-refractivity contribution in [1.82, 2.24) is 10.3 Å². The summed E-state index contributed by atoms with van der Waals surface area (Å²) < 4.78 is 0. The highest BCUT2D eigenvalue weighted by Gasteiger charge is 2.18. The number of aryl methyl sites for hydroxylation is 2. The summed E-state index contributed by atoms with van der Waals surface area (Å²) in [5, 5.41) is 5.67. The van der Waals surface area contributed by atoms with Crippen molar-refractivity contribution in [2.75, 3.05) is 5.32 Å². The van der Waals surface area contributed by atoms with Crippen molar-refractivity contribution in [3.8, 4) is 0 Å². The van der Waals surface area contributed by atoms with E-state index in [9.17, 15) is 9.59 Å². The predicted octanol–water partition coefficient (Wildman–Crippen LogP) is 3.48. The van der Waals surface area contributed by atoms with Crippen molar-refractivity contribution in [2.45, 2.75) is 40.2 Å². The zero-order valence-electron chi connectivity index (χ0n) is 14.7. The first kappa shape index (κ1) is 17.7. The number of pyridine rings is 1. The van der Waals surface area contributed by atoms with Crippen LogP contribution in [0.15, 0.2) is 36.4 Å². The van der Waals surface area contributed by atoms with E-state index in [0.717, 1.165) is 16.8 Å². The van der Waals surface area contributed by atoms with Crippen LogP contribution in [0.3, 0.4) is 0 Å². The maximum Gasteiger partial charge on any atom is 0.274 e. The highest BCUT2D eigenvalue weighted by molar-refractivity contribution is 6.04. The molecule has 0 aliphatic heterocycles. The van der Waals surface area contributed by atoms with Crippen LogP contribution in [0.5, 0.6) is 0 Å². The second-order valence-corrected chi connectivity index (χ2v) is 6.88. The fraction of sp³-hybridized carbons (Fsp3) is 0.316. The number of nitrogens with zero attached hydrogens (tertiary/aromatic N) is 1. The Morgan fingerprint density at radius 2 is 1.58 bits per heavy atom. The van der Waals surface area contributed by atoms with Gasteiger partial charge in [-0.15, -0.1) is 0 Å². The van der Waals surface area contributed by atoms with Gasteiger partial charge in [0.15, 0.2) is 0 Å². The molecule has 0 atom stereocenters. The first-order valence-electron chi connectivity index (χ1n) is 7.84. The molecule has 0 bridgehead atoms. The molecule has 0 fully saturated rings. The zero-order chi connectivity index (χ0) is 17.9. The molecule has 24 heavy (non-hydrogen) atoms. The fourth-order valence-corrected chi connectivity index (χ4v) is 2.23. The second-order valence-electron chi connectivity index (χ2n) is 6.88. The monoisotopic (exact) mass is 325 g/mol. The van der Waals surface area contributed by atoms with Gasteiger partial charge in [0.1, 0.15) is 11.4 Å². The van der Waals surface area contributed by atoms with Crippen LogP contribution in [0.1, 0.15) is 52.9 Å². The molecule has 0 aliphatic rings. The number of carbonyl (C=O) groups excluding carboxylic acids is 2. The van der Waals surface area contributed by atoms with Crippen molar-refractivity contribution in [3.05, 3.63) is 58.9 Å². The van der Waals surface area contributed by atoms with Crippen molar-refractivity contribution in [2.24, 2.45) is 0 Å². The lowest BCUT2D eigenvalue weighted by Gasteiger charge is -2.20. The molecular weight excluding hydrogens is 302 g/mol. The van der Waals surface area contributed by atoms with Gasteiger partial charge in [0, 0.05) is 11.2 Å². The van der Waals surface area contributed by atoms with E-state index in [1.165, 1.54) is 0 Å². The maximum absolute atomic E-state index is 12.4. The minimum Gasteiger partial charge on any atom is -0.346 e. The van der Waals surface area contributed by atoms with E-state index >= 15 is 0 Å². The van der Waals surface area contributed by atoms with Gasteiger partial charge in [0.25, 0.3) is 11.8 Å². The largest absolute Gasteiger partial charge is 0.346 e. The summed E-state index contributed by atoms with van der Waals surface area (Å²) in [6, 6.07) is 10.6. The van der Waals surface area contributed by atoms with Crippen LogP contribution < -0.4 is 10.6 Å². The molecule has 5 heteroatoms. The molecule has 126 valence electrons. The Bertz CT molecular complexity index is 776. The number of aromatic nitrogens is 1. The maximum atomic E-state index is 12.4. The van der Waals surface area contributed by atoms with E-state index in [-0.39, 0.29) is 28.7 Å². The Labute approximate surface area is 142 Å². The predicted molar refractivity (Wildman–Crippen MR) is 95.3 cm³/mol. The summed E-state index contributed by atoms with van der Waals surface area (Å²) >= 11 is 0. The minimum absolute atomic E-state index is 0.205. The molecule has 1 heterocycles. The summed E-state index contributed by atoms with van der Waals surface area (Å²) in [6.45, 7) is 9.60. The normalized spacial score (nSPS) is 11.0. The topological polar surface area (TPSA) is 71.1 Å². The van der Waals surface area contributed by atoms with Crippen LogP contribution in [0.4, 0.5) is 5.69 Å². The summed E-state index contributed by atoms with van der Waals surface area (Å²) in [4.78, 5) is 28.8. The lowest BCUT2D eigenvalue weighted by molar-refractivity contribution is 0.0914. The van der Waals surface area contributed by atoms with Gasteiger partial charge >= 0.3 is 0 Å². The number of carbonyl (C=O) groups is 2. The number of rotatable bonds is 3. The molecule has 0 saturated carbocycles. The highest BCUT2D eigenvalue weighted by atomic mass is 16.2. The van der Waals surface area contributed by atoms with Crippen molar-refractivity contribution >= 4 is 17.5 Å². The molecule has 1 aromatic carbocycles. The molecule has 0 unspecified atom stereocenters. The number of hydrogen-bond acceptors (Lipinski definition) is 3. The van der Waals surface area contributed by atoms with Gasteiger partial charge in [0.05, 0.1) is 0 Å². The summed E-state index contributed by atoms with van der Waals surface area (Å²) in [7, 11) is 0. The van der Waals surface area contributed by atoms with Gasteiger partial charge < -0.3 is 10.6 Å². The lowest BCUT2D eigenvalue weighted by atomic mass is 10.1. The molecule has 0 saturated heterocycles. The molecule has 2 amide bonds. The Morgan fingerprint density at radius 1 is 0.958 bits per heavy atom. The number of amides is 2. The zero-order valence-corrected chi connectivity index (χ0v) is 14.7. The second kappa shape index (κ2) is 6.83. The number of anilines is 1. The van der Waals surface area contributed by atoms with Crippen LogP contribution in [0, 0.1) is 13.8 Å². The summed E-state index contributed by atoms with van der Waals surface area (Å²) in [5.74, 6) is -0.643. The van der Waals surface area contributed by atoms with Crippen LogP contribution in [0.25, 0.3) is 0 Å². The average Bonchev–Trinajstić information content (AvgIpc) is 2.48. The van der Waals surface area contributed by atoms with E-state index < -0.39 is 0 Å². The molecule has 1 aromatic heterocycles. The quantitative estimate of drug-likeness (QED) is 0.907. The molecular formula is C19H23N3O2. The van der Waals surface area contributed by atoms with Crippen LogP contribution in [-0.4, -0.2) is 22.3 Å². The third kappa shape index (κ3) is 4.65. The average molecular weight is 325 g/mol. The van der Waals surface area contributed by atoms with Gasteiger partial charge in [0.2, 0.25) is 0 Å². The smallest absolute Gasteiger partial charge is 0.274 e. The first-order valence-corrected chi connectivity index (χ1v) is 7.84. The van der Waals surface area contributed by atoms with Gasteiger partial charge in [-0.05, 0) is 58.4 Å². The van der Waals surface area contributed by atoms with Crippen LogP contribution in [0.2, 0.25) is 0 Å². The summed E-state index contributed by atoms with van der Waals surface area (Å²) in [6.07, 6.45) is 0. The molecule has 2 aromatic rings. The number of benzene rings is 1. The Hall–Kier alpha value is -2.69. The van der Waals surface area contributed by atoms with E-state index in [2.05, 4.69) is 15.6 Å².